The lowest BCUT2D eigenvalue weighted by Gasteiger charge is -2.26. The van der Waals surface area contributed by atoms with Crippen LogP contribution in [-0.4, -0.2) is 64.8 Å². The van der Waals surface area contributed by atoms with Crippen LogP contribution in [0.2, 0.25) is 5.15 Å². The number of aromatic nitrogens is 3. The molecule has 0 spiro atoms. The molecule has 0 saturated carbocycles. The van der Waals surface area contributed by atoms with Crippen molar-refractivity contribution in [3.63, 3.8) is 0 Å². The van der Waals surface area contributed by atoms with E-state index in [1.807, 2.05) is 6.92 Å². The average Bonchev–Trinajstić information content (AvgIpc) is 2.91. The van der Waals surface area contributed by atoms with Crippen molar-refractivity contribution in [2.24, 2.45) is 0 Å². The van der Waals surface area contributed by atoms with Gasteiger partial charge in [-0.3, -0.25) is 9.69 Å². The minimum absolute atomic E-state index is 0.106. The van der Waals surface area contributed by atoms with Gasteiger partial charge in [0.05, 0.1) is 18.8 Å². The van der Waals surface area contributed by atoms with Crippen LogP contribution in [0.1, 0.15) is 22.3 Å². The molecular formula is C15H20ClN5O2. The summed E-state index contributed by atoms with van der Waals surface area (Å²) in [6.45, 7) is 6.99. The minimum atomic E-state index is -0.106. The summed E-state index contributed by atoms with van der Waals surface area (Å²) in [4.78, 5) is 18.7. The summed E-state index contributed by atoms with van der Waals surface area (Å²) in [5.74, 6) is -0.106. The van der Waals surface area contributed by atoms with Gasteiger partial charge in [-0.2, -0.15) is 5.10 Å². The topological polar surface area (TPSA) is 71.8 Å². The van der Waals surface area contributed by atoms with Crippen LogP contribution in [0.3, 0.4) is 0 Å². The molecule has 1 aliphatic heterocycles. The van der Waals surface area contributed by atoms with E-state index in [9.17, 15) is 4.79 Å². The molecule has 0 radical (unpaired) electrons. The van der Waals surface area contributed by atoms with Gasteiger partial charge < -0.3 is 10.1 Å². The predicted octanol–water partition coefficient (Wildman–Crippen LogP) is 1.14. The van der Waals surface area contributed by atoms with E-state index in [-0.39, 0.29) is 5.91 Å². The standard InChI is InChI=1S/C15H20ClN5O2/c1-11-12(9-21-13(11)14(16)18-10-19-21)15(22)17-3-2-4-20-5-7-23-8-6-20/h9-10H,2-8H2,1H3,(H,17,22). The minimum Gasteiger partial charge on any atom is -0.379 e. The van der Waals surface area contributed by atoms with Gasteiger partial charge in [0, 0.05) is 25.8 Å². The first-order valence-electron chi connectivity index (χ1n) is 7.73. The average molecular weight is 338 g/mol. The van der Waals surface area contributed by atoms with Gasteiger partial charge in [-0.25, -0.2) is 9.50 Å². The van der Waals surface area contributed by atoms with Crippen molar-refractivity contribution in [1.29, 1.82) is 0 Å². The molecule has 1 saturated heterocycles. The molecule has 8 heteroatoms. The van der Waals surface area contributed by atoms with Crippen LogP contribution < -0.4 is 5.32 Å². The summed E-state index contributed by atoms with van der Waals surface area (Å²) in [7, 11) is 0. The summed E-state index contributed by atoms with van der Waals surface area (Å²) in [5, 5.41) is 7.40. The Morgan fingerprint density at radius 2 is 2.22 bits per heavy atom. The van der Waals surface area contributed by atoms with Crippen molar-refractivity contribution in [1.82, 2.24) is 24.8 Å². The summed E-state index contributed by atoms with van der Waals surface area (Å²) < 4.78 is 6.91. The Labute approximate surface area is 139 Å². The number of aryl methyl sites for hydroxylation is 1. The monoisotopic (exact) mass is 337 g/mol. The number of carbonyl (C=O) groups is 1. The maximum absolute atomic E-state index is 12.3. The Balaban J connectivity index is 1.56. The summed E-state index contributed by atoms with van der Waals surface area (Å²) in [6.07, 6.45) is 3.98. The van der Waals surface area contributed by atoms with E-state index in [2.05, 4.69) is 20.3 Å². The van der Waals surface area contributed by atoms with Crippen LogP contribution in [0.5, 0.6) is 0 Å². The first-order chi connectivity index (χ1) is 11.2. The number of nitrogens with one attached hydrogen (secondary N) is 1. The van der Waals surface area contributed by atoms with Gasteiger partial charge in [-0.15, -0.1) is 0 Å². The molecule has 1 amide bonds. The highest BCUT2D eigenvalue weighted by Gasteiger charge is 2.17. The summed E-state index contributed by atoms with van der Waals surface area (Å²) in [5.41, 5.74) is 2.05. The summed E-state index contributed by atoms with van der Waals surface area (Å²) >= 11 is 6.07. The zero-order valence-electron chi connectivity index (χ0n) is 13.1. The first-order valence-corrected chi connectivity index (χ1v) is 8.11. The molecule has 0 unspecified atom stereocenters. The van der Waals surface area contributed by atoms with Crippen LogP contribution in [0.15, 0.2) is 12.5 Å². The third kappa shape index (κ3) is 3.63. The van der Waals surface area contributed by atoms with Crippen LogP contribution in [0.25, 0.3) is 5.52 Å². The highest BCUT2D eigenvalue weighted by molar-refractivity contribution is 6.32. The van der Waals surface area contributed by atoms with Crippen LogP contribution >= 0.6 is 11.6 Å². The van der Waals surface area contributed by atoms with E-state index in [4.69, 9.17) is 16.3 Å². The number of halogens is 1. The highest BCUT2D eigenvalue weighted by Crippen LogP contribution is 2.22. The van der Waals surface area contributed by atoms with Crippen molar-refractivity contribution in [2.45, 2.75) is 13.3 Å². The molecular weight excluding hydrogens is 318 g/mol. The predicted molar refractivity (Wildman–Crippen MR) is 86.9 cm³/mol. The van der Waals surface area contributed by atoms with Crippen LogP contribution in [0, 0.1) is 6.92 Å². The van der Waals surface area contributed by atoms with Crippen LogP contribution in [0.4, 0.5) is 0 Å². The molecule has 1 N–H and O–H groups in total. The van der Waals surface area contributed by atoms with E-state index in [0.717, 1.165) is 44.8 Å². The molecule has 2 aromatic heterocycles. The Hall–Kier alpha value is -1.70. The number of hydrogen-bond acceptors (Lipinski definition) is 5. The zero-order valence-corrected chi connectivity index (χ0v) is 13.8. The third-order valence-electron chi connectivity index (χ3n) is 4.07. The number of rotatable bonds is 5. The van der Waals surface area contributed by atoms with Gasteiger partial charge in [0.25, 0.3) is 5.91 Å². The van der Waals surface area contributed by atoms with Gasteiger partial charge in [-0.05, 0) is 25.5 Å². The molecule has 0 aromatic carbocycles. The maximum Gasteiger partial charge on any atom is 0.253 e. The lowest BCUT2D eigenvalue weighted by atomic mass is 10.2. The Morgan fingerprint density at radius 3 is 2.96 bits per heavy atom. The highest BCUT2D eigenvalue weighted by atomic mass is 35.5. The van der Waals surface area contributed by atoms with Crippen molar-refractivity contribution < 1.29 is 9.53 Å². The largest absolute Gasteiger partial charge is 0.379 e. The van der Waals surface area contributed by atoms with E-state index < -0.39 is 0 Å². The van der Waals surface area contributed by atoms with Crippen molar-refractivity contribution in [3.8, 4) is 0 Å². The normalized spacial score (nSPS) is 15.9. The number of ether oxygens (including phenoxy) is 1. The fraction of sp³-hybridized carbons (Fsp3) is 0.533. The van der Waals surface area contributed by atoms with Crippen LogP contribution in [-0.2, 0) is 4.74 Å². The number of nitrogens with zero attached hydrogens (tertiary/aromatic N) is 4. The van der Waals surface area contributed by atoms with Crippen molar-refractivity contribution >= 4 is 23.0 Å². The molecule has 2 aromatic rings. The molecule has 124 valence electrons. The molecule has 0 aliphatic carbocycles. The fourth-order valence-corrected chi connectivity index (χ4v) is 3.04. The van der Waals surface area contributed by atoms with Gasteiger partial charge in [-0.1, -0.05) is 11.6 Å². The molecule has 1 fully saturated rings. The second-order valence-corrected chi connectivity index (χ2v) is 5.93. The lowest BCUT2D eigenvalue weighted by molar-refractivity contribution is 0.0374. The first kappa shape index (κ1) is 16.2. The second-order valence-electron chi connectivity index (χ2n) is 5.58. The number of amides is 1. The number of hydrogen-bond donors (Lipinski definition) is 1. The van der Waals surface area contributed by atoms with E-state index in [0.29, 0.717) is 22.8 Å². The Kier molecular flexibility index (Phi) is 5.09. The van der Waals surface area contributed by atoms with E-state index >= 15 is 0 Å². The van der Waals surface area contributed by atoms with Gasteiger partial charge in [0.15, 0.2) is 5.15 Å². The number of morpholine rings is 1. The molecule has 7 nitrogen and oxygen atoms in total. The maximum atomic E-state index is 12.3. The second kappa shape index (κ2) is 7.25. The van der Waals surface area contributed by atoms with E-state index in [1.165, 1.54) is 6.33 Å². The van der Waals surface area contributed by atoms with Crippen molar-refractivity contribution in [2.75, 3.05) is 39.4 Å². The lowest BCUT2D eigenvalue weighted by Crippen LogP contribution is -2.38. The molecule has 23 heavy (non-hydrogen) atoms. The van der Waals surface area contributed by atoms with E-state index in [1.54, 1.807) is 10.7 Å². The molecule has 3 rings (SSSR count). The van der Waals surface area contributed by atoms with Gasteiger partial charge in [0.1, 0.15) is 11.8 Å². The summed E-state index contributed by atoms with van der Waals surface area (Å²) in [6, 6.07) is 0. The smallest absolute Gasteiger partial charge is 0.253 e. The molecule has 0 atom stereocenters. The quantitative estimate of drug-likeness (QED) is 0.828. The number of carbonyl (C=O) groups excluding carboxylic acids is 1. The van der Waals surface area contributed by atoms with Crippen molar-refractivity contribution in [3.05, 3.63) is 28.8 Å². The Bertz CT molecular complexity index is 696. The van der Waals surface area contributed by atoms with Gasteiger partial charge in [0.2, 0.25) is 0 Å². The molecule has 1 aliphatic rings. The third-order valence-corrected chi connectivity index (χ3v) is 4.34. The molecule has 3 heterocycles. The number of fused-ring (bicyclic) bond motifs is 1. The SMILES string of the molecule is Cc1c(C(=O)NCCCN2CCOCC2)cn2ncnc(Cl)c12. The fourth-order valence-electron chi connectivity index (χ4n) is 2.77. The zero-order chi connectivity index (χ0) is 16.2. The Morgan fingerprint density at radius 1 is 1.43 bits per heavy atom. The molecule has 0 bridgehead atoms. The van der Waals surface area contributed by atoms with Gasteiger partial charge >= 0.3 is 0 Å².